The molecule has 9 rings (SSSR count). The highest BCUT2D eigenvalue weighted by Crippen LogP contribution is 2.33. The van der Waals surface area contributed by atoms with Crippen LogP contribution in [-0.4, -0.2) is 101 Å². The summed E-state index contributed by atoms with van der Waals surface area (Å²) in [5.41, 5.74) is 4.83. The zero-order valence-electron chi connectivity index (χ0n) is 38.7. The largest absolute Gasteiger partial charge is 0.497 e. The summed E-state index contributed by atoms with van der Waals surface area (Å²) in [5.74, 6) is 0.0678. The summed E-state index contributed by atoms with van der Waals surface area (Å²) < 4.78 is 56.6. The van der Waals surface area contributed by atoms with E-state index in [2.05, 4.69) is 0 Å². The van der Waals surface area contributed by atoms with Gasteiger partial charge < -0.3 is 47.4 Å². The van der Waals surface area contributed by atoms with Crippen LogP contribution in [0, 0.1) is 0 Å². The molecular formula is C56H52O14. The molecule has 0 amide bonds. The van der Waals surface area contributed by atoms with E-state index < -0.39 is 48.3 Å². The van der Waals surface area contributed by atoms with Gasteiger partial charge in [0.2, 0.25) is 0 Å². The van der Waals surface area contributed by atoms with Crippen molar-refractivity contribution in [3.05, 3.63) is 168 Å². The van der Waals surface area contributed by atoms with Crippen molar-refractivity contribution in [2.45, 2.75) is 56.2 Å². The summed E-state index contributed by atoms with van der Waals surface area (Å²) in [5, 5.41) is 0. The van der Waals surface area contributed by atoms with Gasteiger partial charge in [-0.25, -0.2) is 19.2 Å². The lowest BCUT2D eigenvalue weighted by Crippen LogP contribution is -2.36. The maximum Gasteiger partial charge on any atom is 0.343 e. The molecule has 3 aliphatic rings. The molecule has 0 N–H and O–H groups in total. The molecule has 3 saturated heterocycles. The molecule has 14 heteroatoms. The fraction of sp³-hybridized carbons (Fsp3) is 0.286. The number of hydrogen-bond acceptors (Lipinski definition) is 14. The molecular weight excluding hydrogens is 897 g/mol. The summed E-state index contributed by atoms with van der Waals surface area (Å²) in [6.45, 7) is 4.93. The third kappa shape index (κ3) is 12.1. The van der Waals surface area contributed by atoms with Gasteiger partial charge >= 0.3 is 23.9 Å². The van der Waals surface area contributed by atoms with Crippen LogP contribution in [0.15, 0.2) is 146 Å². The molecule has 3 heterocycles. The van der Waals surface area contributed by atoms with Gasteiger partial charge in [0.15, 0.2) is 12.2 Å². The second-order valence-corrected chi connectivity index (χ2v) is 17.4. The molecule has 0 spiro atoms. The second-order valence-electron chi connectivity index (χ2n) is 17.4. The van der Waals surface area contributed by atoms with E-state index in [0.717, 1.165) is 48.1 Å². The van der Waals surface area contributed by atoms with Crippen LogP contribution in [0.5, 0.6) is 23.0 Å². The molecule has 3 aliphatic heterocycles. The Morgan fingerprint density at radius 2 is 0.857 bits per heavy atom. The molecule has 3 fully saturated rings. The zero-order chi connectivity index (χ0) is 48.5. The van der Waals surface area contributed by atoms with Crippen molar-refractivity contribution in [1.82, 2.24) is 0 Å². The van der Waals surface area contributed by atoms with Crippen molar-refractivity contribution in [2.75, 3.05) is 46.8 Å². The molecule has 70 heavy (non-hydrogen) atoms. The predicted molar refractivity (Wildman–Crippen MR) is 256 cm³/mol. The minimum Gasteiger partial charge on any atom is -0.497 e. The van der Waals surface area contributed by atoms with Crippen molar-refractivity contribution in [1.29, 1.82) is 0 Å². The first-order valence-corrected chi connectivity index (χ1v) is 23.2. The Morgan fingerprint density at radius 1 is 0.486 bits per heavy atom. The number of fused-ring (bicyclic) bond motifs is 1. The smallest absolute Gasteiger partial charge is 0.343 e. The Hall–Kier alpha value is -7.36. The highest BCUT2D eigenvalue weighted by molar-refractivity contribution is 5.93. The Bertz CT molecular complexity index is 2730. The van der Waals surface area contributed by atoms with Crippen molar-refractivity contribution < 1.29 is 66.5 Å². The van der Waals surface area contributed by atoms with E-state index in [1.54, 1.807) is 116 Å². The van der Waals surface area contributed by atoms with Gasteiger partial charge in [-0.05, 0) is 146 Å². The summed E-state index contributed by atoms with van der Waals surface area (Å²) in [6.07, 6.45) is 0.282. The van der Waals surface area contributed by atoms with Crippen molar-refractivity contribution >= 4 is 23.9 Å². The van der Waals surface area contributed by atoms with E-state index in [4.69, 9.17) is 47.4 Å². The molecule has 6 aromatic carbocycles. The highest BCUT2D eigenvalue weighted by Gasteiger charge is 2.51. The number of benzene rings is 6. The molecule has 6 aromatic rings. The van der Waals surface area contributed by atoms with E-state index in [1.807, 2.05) is 43.3 Å². The Kier molecular flexibility index (Phi) is 14.9. The van der Waals surface area contributed by atoms with Crippen molar-refractivity contribution in [3.63, 3.8) is 0 Å². The number of ether oxygens (including phenoxy) is 10. The van der Waals surface area contributed by atoms with Gasteiger partial charge in [0.1, 0.15) is 40.8 Å². The summed E-state index contributed by atoms with van der Waals surface area (Å²) in [7, 11) is 1.56. The van der Waals surface area contributed by atoms with Gasteiger partial charge in [-0.2, -0.15) is 0 Å². The van der Waals surface area contributed by atoms with Crippen LogP contribution in [0.25, 0.3) is 22.3 Å². The first-order valence-electron chi connectivity index (χ1n) is 23.2. The van der Waals surface area contributed by atoms with Gasteiger partial charge in [-0.15, -0.1) is 0 Å². The van der Waals surface area contributed by atoms with E-state index in [-0.39, 0.29) is 18.8 Å². The minimum absolute atomic E-state index is 0.0758. The molecule has 0 radical (unpaired) electrons. The second kappa shape index (κ2) is 21.9. The zero-order valence-corrected chi connectivity index (χ0v) is 38.7. The molecule has 14 nitrogen and oxygen atoms in total. The fourth-order valence-electron chi connectivity index (χ4n) is 7.98. The summed E-state index contributed by atoms with van der Waals surface area (Å²) in [4.78, 5) is 51.9. The van der Waals surface area contributed by atoms with Gasteiger partial charge in [-0.3, -0.25) is 0 Å². The number of hydrogen-bond donors (Lipinski definition) is 0. The molecule has 0 saturated carbocycles. The van der Waals surface area contributed by atoms with Crippen molar-refractivity contribution in [2.24, 2.45) is 0 Å². The first kappa shape index (κ1) is 47.7. The van der Waals surface area contributed by atoms with Crippen LogP contribution in [-0.2, 0) is 28.4 Å². The number of rotatable bonds is 20. The van der Waals surface area contributed by atoms with Crippen molar-refractivity contribution in [3.8, 4) is 45.3 Å². The quantitative estimate of drug-likeness (QED) is 0.0308. The molecule has 0 aromatic heterocycles. The maximum absolute atomic E-state index is 13.2. The summed E-state index contributed by atoms with van der Waals surface area (Å²) >= 11 is 0. The Labute approximate surface area is 405 Å². The van der Waals surface area contributed by atoms with Gasteiger partial charge in [0.25, 0.3) is 0 Å². The number of epoxide rings is 1. The van der Waals surface area contributed by atoms with Crippen LogP contribution >= 0.6 is 0 Å². The van der Waals surface area contributed by atoms with Gasteiger partial charge in [0.05, 0.1) is 62.4 Å². The van der Waals surface area contributed by atoms with Crippen LogP contribution in [0.4, 0.5) is 0 Å². The Morgan fingerprint density at radius 3 is 1.29 bits per heavy atom. The molecule has 5 atom stereocenters. The predicted octanol–water partition coefficient (Wildman–Crippen LogP) is 9.37. The van der Waals surface area contributed by atoms with E-state index >= 15 is 0 Å². The molecule has 5 unspecified atom stereocenters. The lowest BCUT2D eigenvalue weighted by atomic mass is 10.0. The lowest BCUT2D eigenvalue weighted by Gasteiger charge is -2.17. The van der Waals surface area contributed by atoms with Crippen LogP contribution in [0.3, 0.4) is 0 Å². The minimum atomic E-state index is -0.693. The standard InChI is InChI=1S/C56H52O14/c1-56(35-66-56)34-62-30-4-3-5-31-63-45-24-20-43(21-25-45)53(58)68-47-28-16-39(17-29-47)37-8-12-41(13-9-37)55(60)70-49-33-65-50-48(32-64-51(49)50)69-54(59)40-10-6-36(7-11-40)38-14-26-46(27-15-38)67-52(57)42-18-22-44(61-2)23-19-42/h6-29,48-51H,3-5,30-35H2,1-2H3. The number of esters is 4. The molecule has 0 bridgehead atoms. The number of methoxy groups -OCH3 is 1. The molecule has 360 valence electrons. The van der Waals surface area contributed by atoms with Crippen LogP contribution in [0.1, 0.15) is 67.6 Å². The fourth-order valence-corrected chi connectivity index (χ4v) is 7.98. The van der Waals surface area contributed by atoms with Gasteiger partial charge in [0, 0.05) is 6.61 Å². The van der Waals surface area contributed by atoms with E-state index in [1.165, 1.54) is 0 Å². The third-order valence-electron chi connectivity index (χ3n) is 12.2. The number of carbonyl (C=O) groups is 4. The van der Waals surface area contributed by atoms with E-state index in [9.17, 15) is 19.2 Å². The van der Waals surface area contributed by atoms with Gasteiger partial charge in [-0.1, -0.05) is 48.5 Å². The van der Waals surface area contributed by atoms with Crippen LogP contribution in [0.2, 0.25) is 0 Å². The SMILES string of the molecule is COc1ccc(C(=O)Oc2ccc(-c3ccc(C(=O)OC4COC5C(OC(=O)c6ccc(-c7ccc(OC(=O)c8ccc(OCCCCCOCC9(C)CO9)cc8)cc7)cc6)COC45)cc3)cc2)cc1. The topological polar surface area (TPSA) is 164 Å². The first-order chi connectivity index (χ1) is 34.1. The number of carbonyl (C=O) groups excluding carboxylic acids is 4. The average molecular weight is 949 g/mol. The van der Waals surface area contributed by atoms with E-state index in [0.29, 0.717) is 65.1 Å². The lowest BCUT2D eigenvalue weighted by molar-refractivity contribution is -0.0287. The third-order valence-corrected chi connectivity index (χ3v) is 12.2. The highest BCUT2D eigenvalue weighted by atomic mass is 16.7. The maximum atomic E-state index is 13.2. The molecule has 0 aliphatic carbocycles. The van der Waals surface area contributed by atoms with Crippen LogP contribution < -0.4 is 18.9 Å². The summed E-state index contributed by atoms with van der Waals surface area (Å²) in [6, 6.07) is 41.6. The Balaban J connectivity index is 0.689. The number of unbranched alkanes of at least 4 members (excludes halogenated alkanes) is 2. The monoisotopic (exact) mass is 948 g/mol. The average Bonchev–Trinajstić information content (AvgIpc) is 3.80. The normalized spacial score (nSPS) is 19.9.